The molecule has 0 bridgehead atoms. The van der Waals surface area contributed by atoms with Gasteiger partial charge in [-0.05, 0) is 13.0 Å². The van der Waals surface area contributed by atoms with Crippen LogP contribution in [0.4, 0.5) is 11.4 Å². The van der Waals surface area contributed by atoms with E-state index in [0.717, 1.165) is 36.0 Å². The van der Waals surface area contributed by atoms with Crippen molar-refractivity contribution in [2.24, 2.45) is 0 Å². The Balaban J connectivity index is 2.28. The molecule has 0 aromatic heterocycles. The topological polar surface area (TPSA) is 40.6 Å². The van der Waals surface area contributed by atoms with E-state index < -0.39 is 0 Å². The van der Waals surface area contributed by atoms with Crippen LogP contribution in [0, 0.1) is 5.39 Å². The van der Waals surface area contributed by atoms with Gasteiger partial charge in [-0.3, -0.25) is 0 Å². The molecule has 0 radical (unpaired) electrons. The maximum atomic E-state index is 8.78. The van der Waals surface area contributed by atoms with Crippen molar-refractivity contribution in [2.45, 2.75) is 6.92 Å². The molecule has 4 nitrogen and oxygen atoms in total. The minimum Gasteiger partial charge on any atom is -0.491 e. The van der Waals surface area contributed by atoms with Gasteiger partial charge < -0.3 is 9.64 Å². The largest absolute Gasteiger partial charge is 0.491 e. The fraction of sp³-hybridized carbons (Fsp3) is 0.500. The summed E-state index contributed by atoms with van der Waals surface area (Å²) in [7, 11) is 0. The first kappa shape index (κ1) is 12.1. The number of thioether (sulfide) groups is 1. The molecule has 1 aromatic rings. The van der Waals surface area contributed by atoms with E-state index in [2.05, 4.69) is 9.88 Å². The lowest BCUT2D eigenvalue weighted by molar-refractivity contribution is 0.340. The van der Waals surface area contributed by atoms with E-state index in [1.54, 1.807) is 12.1 Å². The highest BCUT2D eigenvalue weighted by molar-refractivity contribution is 7.99. The second-order valence-electron chi connectivity index (χ2n) is 3.78. The first-order valence-corrected chi connectivity index (χ1v) is 6.95. The van der Waals surface area contributed by atoms with Crippen LogP contribution in [0.15, 0.2) is 18.2 Å². The van der Waals surface area contributed by atoms with E-state index in [-0.39, 0.29) is 0 Å². The molecular formula is C12H16N3OS+. The van der Waals surface area contributed by atoms with Crippen LogP contribution in [-0.2, 0) is 0 Å². The van der Waals surface area contributed by atoms with Gasteiger partial charge in [0.2, 0.25) is 5.39 Å². The molecule has 2 rings (SSSR count). The third-order valence-electron chi connectivity index (χ3n) is 2.71. The van der Waals surface area contributed by atoms with Crippen LogP contribution in [0.5, 0.6) is 5.75 Å². The summed E-state index contributed by atoms with van der Waals surface area (Å²) in [6, 6.07) is 5.55. The number of hydrogen-bond donors (Lipinski definition) is 0. The molecule has 17 heavy (non-hydrogen) atoms. The van der Waals surface area contributed by atoms with Gasteiger partial charge in [-0.2, -0.15) is 11.8 Å². The third kappa shape index (κ3) is 2.83. The summed E-state index contributed by atoms with van der Waals surface area (Å²) in [6.07, 6.45) is 0. The van der Waals surface area contributed by atoms with Crippen molar-refractivity contribution in [1.29, 1.82) is 5.39 Å². The quantitative estimate of drug-likeness (QED) is 0.773. The smallest absolute Gasteiger partial charge is 0.388 e. The Morgan fingerprint density at radius 1 is 1.41 bits per heavy atom. The summed E-state index contributed by atoms with van der Waals surface area (Å²) in [5.74, 6) is 3.10. The molecule has 1 saturated heterocycles. The van der Waals surface area contributed by atoms with Gasteiger partial charge in [0.1, 0.15) is 0 Å². The van der Waals surface area contributed by atoms with Crippen LogP contribution >= 0.6 is 11.8 Å². The van der Waals surface area contributed by atoms with Crippen molar-refractivity contribution in [3.8, 4) is 5.75 Å². The minimum atomic E-state index is 0.531. The highest BCUT2D eigenvalue weighted by Crippen LogP contribution is 2.33. The van der Waals surface area contributed by atoms with E-state index in [1.807, 2.05) is 24.8 Å². The standard InChI is InChI=1S/C12H16N3OS/c1-2-16-12-9-10(14-13)3-4-11(12)15-5-7-17-8-6-15/h3-4,9H,2,5-8H2,1H3/q+1. The Labute approximate surface area is 106 Å². The molecule has 1 fully saturated rings. The van der Waals surface area contributed by atoms with Crippen molar-refractivity contribution < 1.29 is 4.74 Å². The van der Waals surface area contributed by atoms with Gasteiger partial charge in [-0.25, -0.2) is 0 Å². The Morgan fingerprint density at radius 3 is 2.82 bits per heavy atom. The van der Waals surface area contributed by atoms with E-state index >= 15 is 0 Å². The lowest BCUT2D eigenvalue weighted by Crippen LogP contribution is -2.32. The molecule has 1 heterocycles. The zero-order valence-electron chi connectivity index (χ0n) is 9.93. The SMILES string of the molecule is CCOc1cc([N+]#N)ccc1N1CCSCC1. The summed E-state index contributed by atoms with van der Waals surface area (Å²) in [6.45, 7) is 4.66. The molecule has 0 amide bonds. The second kappa shape index (κ2) is 5.78. The van der Waals surface area contributed by atoms with Crippen LogP contribution in [-0.4, -0.2) is 31.2 Å². The van der Waals surface area contributed by atoms with E-state index in [1.165, 1.54) is 0 Å². The van der Waals surface area contributed by atoms with Crippen LogP contribution in [0.25, 0.3) is 4.98 Å². The number of rotatable bonds is 3. The summed E-state index contributed by atoms with van der Waals surface area (Å²) in [4.78, 5) is 5.52. The Morgan fingerprint density at radius 2 is 2.18 bits per heavy atom. The van der Waals surface area contributed by atoms with Crippen molar-refractivity contribution in [2.75, 3.05) is 36.1 Å². The second-order valence-corrected chi connectivity index (χ2v) is 5.01. The number of anilines is 1. The first-order chi connectivity index (χ1) is 8.35. The zero-order valence-corrected chi connectivity index (χ0v) is 10.7. The molecular weight excluding hydrogens is 234 g/mol. The average molecular weight is 250 g/mol. The fourth-order valence-electron chi connectivity index (χ4n) is 1.90. The number of diazo groups is 1. The maximum absolute atomic E-state index is 8.78. The lowest BCUT2D eigenvalue weighted by Gasteiger charge is -2.29. The maximum Gasteiger partial charge on any atom is 0.388 e. The van der Waals surface area contributed by atoms with Gasteiger partial charge in [-0.1, -0.05) is 0 Å². The predicted octanol–water partition coefficient (Wildman–Crippen LogP) is 3.12. The molecule has 5 heteroatoms. The van der Waals surface area contributed by atoms with Crippen molar-refractivity contribution >= 4 is 23.1 Å². The molecule has 1 aliphatic rings. The van der Waals surface area contributed by atoms with E-state index in [9.17, 15) is 0 Å². The molecule has 0 N–H and O–H groups in total. The van der Waals surface area contributed by atoms with Gasteiger partial charge in [0.15, 0.2) is 10.7 Å². The average Bonchev–Trinajstić information content (AvgIpc) is 2.40. The minimum absolute atomic E-state index is 0.531. The van der Waals surface area contributed by atoms with Gasteiger partial charge in [0.25, 0.3) is 0 Å². The normalized spacial score (nSPS) is 15.4. The molecule has 0 saturated carbocycles. The fourth-order valence-corrected chi connectivity index (χ4v) is 2.80. The highest BCUT2D eigenvalue weighted by atomic mass is 32.2. The lowest BCUT2D eigenvalue weighted by atomic mass is 10.2. The van der Waals surface area contributed by atoms with Crippen LogP contribution < -0.4 is 9.64 Å². The third-order valence-corrected chi connectivity index (χ3v) is 3.65. The highest BCUT2D eigenvalue weighted by Gasteiger charge is 2.18. The predicted molar refractivity (Wildman–Crippen MR) is 71.9 cm³/mol. The van der Waals surface area contributed by atoms with Crippen LogP contribution in [0.3, 0.4) is 0 Å². The number of ether oxygens (including phenoxy) is 1. The van der Waals surface area contributed by atoms with Gasteiger partial charge in [0, 0.05) is 30.7 Å². The van der Waals surface area contributed by atoms with Crippen LogP contribution in [0.2, 0.25) is 0 Å². The van der Waals surface area contributed by atoms with Crippen molar-refractivity contribution in [1.82, 2.24) is 0 Å². The number of nitrogens with zero attached hydrogens (tertiary/aromatic N) is 3. The molecule has 0 spiro atoms. The Hall–Kier alpha value is -1.41. The first-order valence-electron chi connectivity index (χ1n) is 5.79. The summed E-state index contributed by atoms with van der Waals surface area (Å²) < 4.78 is 5.61. The Kier molecular flexibility index (Phi) is 4.10. The molecule has 0 atom stereocenters. The van der Waals surface area contributed by atoms with Crippen LogP contribution in [0.1, 0.15) is 6.92 Å². The van der Waals surface area contributed by atoms with E-state index in [4.69, 9.17) is 10.1 Å². The Bertz CT molecular complexity index is 424. The monoisotopic (exact) mass is 250 g/mol. The van der Waals surface area contributed by atoms with Gasteiger partial charge in [-0.15, -0.1) is 0 Å². The summed E-state index contributed by atoms with van der Waals surface area (Å²) >= 11 is 1.98. The summed E-state index contributed by atoms with van der Waals surface area (Å²) in [5.41, 5.74) is 1.63. The van der Waals surface area contributed by atoms with Crippen molar-refractivity contribution in [3.05, 3.63) is 23.2 Å². The molecule has 1 aliphatic heterocycles. The molecule has 1 aromatic carbocycles. The van der Waals surface area contributed by atoms with Gasteiger partial charge in [0.05, 0.1) is 18.4 Å². The number of hydrogen-bond acceptors (Lipinski definition) is 4. The number of benzene rings is 1. The summed E-state index contributed by atoms with van der Waals surface area (Å²) in [5, 5.41) is 8.78. The van der Waals surface area contributed by atoms with Gasteiger partial charge >= 0.3 is 5.69 Å². The zero-order chi connectivity index (χ0) is 12.1. The van der Waals surface area contributed by atoms with E-state index in [0.29, 0.717) is 12.3 Å². The molecule has 90 valence electrons. The molecule has 0 aliphatic carbocycles. The molecule has 0 unspecified atom stereocenters. The van der Waals surface area contributed by atoms with Crippen molar-refractivity contribution in [3.63, 3.8) is 0 Å².